The van der Waals surface area contributed by atoms with Crippen LogP contribution in [0.25, 0.3) is 0 Å². The van der Waals surface area contributed by atoms with Crippen LogP contribution in [0.5, 0.6) is 0 Å². The molecule has 1 atom stereocenters. The molecular formula is C10H21NO3. The summed E-state index contributed by atoms with van der Waals surface area (Å²) >= 11 is 0. The van der Waals surface area contributed by atoms with E-state index in [2.05, 4.69) is 5.32 Å². The Kier molecular flexibility index (Phi) is 8.57. The summed E-state index contributed by atoms with van der Waals surface area (Å²) in [7, 11) is 0. The molecule has 1 amide bonds. The predicted octanol–water partition coefficient (Wildman–Crippen LogP) is 0.426. The number of aliphatic hydroxyl groups is 2. The quantitative estimate of drug-likeness (QED) is 0.501. The van der Waals surface area contributed by atoms with Crippen LogP contribution in [0, 0.1) is 0 Å². The Hall–Kier alpha value is -0.610. The lowest BCUT2D eigenvalue weighted by molar-refractivity contribution is -0.121. The highest BCUT2D eigenvalue weighted by Crippen LogP contribution is 1.98. The molecule has 0 fully saturated rings. The molecule has 0 rings (SSSR count). The molecule has 0 aromatic heterocycles. The second kappa shape index (κ2) is 8.97. The molecular weight excluding hydrogens is 182 g/mol. The van der Waals surface area contributed by atoms with Crippen LogP contribution < -0.4 is 5.32 Å². The third kappa shape index (κ3) is 8.01. The number of rotatable bonds is 8. The number of hydrogen-bond acceptors (Lipinski definition) is 3. The molecule has 14 heavy (non-hydrogen) atoms. The van der Waals surface area contributed by atoms with E-state index >= 15 is 0 Å². The number of carbonyl (C=O) groups is 1. The smallest absolute Gasteiger partial charge is 0.220 e. The van der Waals surface area contributed by atoms with Crippen LogP contribution in [0.3, 0.4) is 0 Å². The van der Waals surface area contributed by atoms with E-state index in [0.717, 1.165) is 19.3 Å². The maximum Gasteiger partial charge on any atom is 0.220 e. The largest absolute Gasteiger partial charge is 0.396 e. The summed E-state index contributed by atoms with van der Waals surface area (Å²) < 4.78 is 0. The highest BCUT2D eigenvalue weighted by atomic mass is 16.3. The lowest BCUT2D eigenvalue weighted by Gasteiger charge is -2.12. The molecule has 0 spiro atoms. The van der Waals surface area contributed by atoms with Crippen LogP contribution in [0.1, 0.15) is 39.0 Å². The highest BCUT2D eigenvalue weighted by molar-refractivity contribution is 5.76. The SMILES string of the molecule is CC(CCCO)NC(=O)CCCCO. The van der Waals surface area contributed by atoms with Gasteiger partial charge in [0.15, 0.2) is 0 Å². The second-order valence-electron chi connectivity index (χ2n) is 3.52. The van der Waals surface area contributed by atoms with Gasteiger partial charge in [0.1, 0.15) is 0 Å². The predicted molar refractivity (Wildman–Crippen MR) is 54.9 cm³/mol. The zero-order valence-electron chi connectivity index (χ0n) is 8.83. The van der Waals surface area contributed by atoms with E-state index in [1.807, 2.05) is 6.92 Å². The van der Waals surface area contributed by atoms with Gasteiger partial charge in [-0.05, 0) is 32.6 Å². The Bertz CT molecular complexity index is 150. The minimum absolute atomic E-state index is 0.0314. The van der Waals surface area contributed by atoms with Gasteiger partial charge in [-0.1, -0.05) is 0 Å². The molecule has 0 bridgehead atoms. The van der Waals surface area contributed by atoms with E-state index in [1.165, 1.54) is 0 Å². The molecule has 1 unspecified atom stereocenters. The Morgan fingerprint density at radius 1 is 1.21 bits per heavy atom. The molecule has 0 aliphatic carbocycles. The van der Waals surface area contributed by atoms with Gasteiger partial charge in [-0.2, -0.15) is 0 Å². The van der Waals surface area contributed by atoms with Crippen molar-refractivity contribution >= 4 is 5.91 Å². The molecule has 4 heteroatoms. The fourth-order valence-electron chi connectivity index (χ4n) is 1.21. The average molecular weight is 203 g/mol. The molecule has 0 saturated heterocycles. The Morgan fingerprint density at radius 2 is 1.86 bits per heavy atom. The molecule has 0 aromatic carbocycles. The van der Waals surface area contributed by atoms with Gasteiger partial charge >= 0.3 is 0 Å². The van der Waals surface area contributed by atoms with Crippen molar-refractivity contribution < 1.29 is 15.0 Å². The molecule has 84 valence electrons. The standard InChI is InChI=1S/C10H21NO3/c1-9(5-4-8-13)11-10(14)6-2-3-7-12/h9,12-13H,2-8H2,1H3,(H,11,14). The molecule has 0 radical (unpaired) electrons. The van der Waals surface area contributed by atoms with E-state index < -0.39 is 0 Å². The number of carbonyl (C=O) groups excluding carboxylic acids is 1. The van der Waals surface area contributed by atoms with E-state index in [1.54, 1.807) is 0 Å². The summed E-state index contributed by atoms with van der Waals surface area (Å²) in [5.74, 6) is 0.0314. The molecule has 0 aliphatic rings. The lowest BCUT2D eigenvalue weighted by atomic mass is 10.1. The topological polar surface area (TPSA) is 69.6 Å². The van der Waals surface area contributed by atoms with Gasteiger partial charge in [0.25, 0.3) is 0 Å². The van der Waals surface area contributed by atoms with E-state index in [9.17, 15) is 4.79 Å². The van der Waals surface area contributed by atoms with Gasteiger partial charge in [-0.25, -0.2) is 0 Å². The number of hydrogen-bond donors (Lipinski definition) is 3. The van der Waals surface area contributed by atoms with Crippen molar-refractivity contribution in [3.63, 3.8) is 0 Å². The first-order valence-electron chi connectivity index (χ1n) is 5.21. The second-order valence-corrected chi connectivity index (χ2v) is 3.52. The lowest BCUT2D eigenvalue weighted by Crippen LogP contribution is -2.32. The van der Waals surface area contributed by atoms with Crippen molar-refractivity contribution in [1.29, 1.82) is 0 Å². The third-order valence-corrected chi connectivity index (χ3v) is 2.01. The van der Waals surface area contributed by atoms with Crippen LogP contribution in [-0.4, -0.2) is 35.4 Å². The summed E-state index contributed by atoms with van der Waals surface area (Å²) in [6.45, 7) is 2.25. The summed E-state index contributed by atoms with van der Waals surface area (Å²) in [6.07, 6.45) is 3.41. The average Bonchev–Trinajstić information content (AvgIpc) is 2.15. The summed E-state index contributed by atoms with van der Waals surface area (Å²) in [5, 5.41) is 19.9. The van der Waals surface area contributed by atoms with Gasteiger partial charge in [0, 0.05) is 25.7 Å². The molecule has 0 saturated carbocycles. The summed E-state index contributed by atoms with van der Waals surface area (Å²) in [5.41, 5.74) is 0. The van der Waals surface area contributed by atoms with Gasteiger partial charge in [0.2, 0.25) is 5.91 Å². The number of unbranched alkanes of at least 4 members (excludes halogenated alkanes) is 1. The maximum absolute atomic E-state index is 11.2. The Balaban J connectivity index is 3.40. The van der Waals surface area contributed by atoms with Crippen LogP contribution in [0.15, 0.2) is 0 Å². The fraction of sp³-hybridized carbons (Fsp3) is 0.900. The van der Waals surface area contributed by atoms with Gasteiger partial charge in [-0.3, -0.25) is 4.79 Å². The first-order valence-corrected chi connectivity index (χ1v) is 5.21. The monoisotopic (exact) mass is 203 g/mol. The van der Waals surface area contributed by atoms with Gasteiger partial charge in [0.05, 0.1) is 0 Å². The van der Waals surface area contributed by atoms with Crippen LogP contribution in [0.2, 0.25) is 0 Å². The van der Waals surface area contributed by atoms with Crippen molar-refractivity contribution in [2.75, 3.05) is 13.2 Å². The zero-order chi connectivity index (χ0) is 10.8. The van der Waals surface area contributed by atoms with E-state index in [-0.39, 0.29) is 25.2 Å². The normalized spacial score (nSPS) is 12.5. The van der Waals surface area contributed by atoms with Crippen molar-refractivity contribution in [2.45, 2.75) is 45.1 Å². The molecule has 0 aromatic rings. The fourth-order valence-corrected chi connectivity index (χ4v) is 1.21. The Labute approximate surface area is 85.3 Å². The van der Waals surface area contributed by atoms with Crippen molar-refractivity contribution in [3.05, 3.63) is 0 Å². The molecule has 0 heterocycles. The van der Waals surface area contributed by atoms with Crippen LogP contribution in [0.4, 0.5) is 0 Å². The summed E-state index contributed by atoms with van der Waals surface area (Å²) in [4.78, 5) is 11.2. The number of aliphatic hydroxyl groups excluding tert-OH is 2. The highest BCUT2D eigenvalue weighted by Gasteiger charge is 2.05. The van der Waals surface area contributed by atoms with Gasteiger partial charge < -0.3 is 15.5 Å². The third-order valence-electron chi connectivity index (χ3n) is 2.01. The number of amides is 1. The molecule has 0 aliphatic heterocycles. The minimum Gasteiger partial charge on any atom is -0.396 e. The van der Waals surface area contributed by atoms with Crippen LogP contribution in [-0.2, 0) is 4.79 Å². The first-order chi connectivity index (χ1) is 6.70. The van der Waals surface area contributed by atoms with Crippen molar-refractivity contribution in [2.24, 2.45) is 0 Å². The molecule has 4 nitrogen and oxygen atoms in total. The van der Waals surface area contributed by atoms with Crippen LogP contribution >= 0.6 is 0 Å². The summed E-state index contributed by atoms with van der Waals surface area (Å²) in [6, 6.07) is 0.128. The maximum atomic E-state index is 11.2. The van der Waals surface area contributed by atoms with Crippen molar-refractivity contribution in [1.82, 2.24) is 5.32 Å². The van der Waals surface area contributed by atoms with Gasteiger partial charge in [-0.15, -0.1) is 0 Å². The Morgan fingerprint density at radius 3 is 2.43 bits per heavy atom. The molecule has 3 N–H and O–H groups in total. The number of nitrogens with one attached hydrogen (secondary N) is 1. The van der Waals surface area contributed by atoms with E-state index in [4.69, 9.17) is 10.2 Å². The van der Waals surface area contributed by atoms with Crippen molar-refractivity contribution in [3.8, 4) is 0 Å². The minimum atomic E-state index is 0.0314. The van der Waals surface area contributed by atoms with E-state index in [0.29, 0.717) is 12.8 Å². The zero-order valence-corrected chi connectivity index (χ0v) is 8.83. The first kappa shape index (κ1) is 13.4.